The van der Waals surface area contributed by atoms with Crippen LogP contribution in [0.25, 0.3) is 10.9 Å². The molecular formula is C13H17N3O. The molecule has 0 saturated carbocycles. The first-order valence-electron chi connectivity index (χ1n) is 6.04. The van der Waals surface area contributed by atoms with Crippen molar-refractivity contribution in [2.24, 2.45) is 0 Å². The van der Waals surface area contributed by atoms with E-state index < -0.39 is 0 Å². The van der Waals surface area contributed by atoms with Crippen LogP contribution in [0.15, 0.2) is 18.2 Å². The van der Waals surface area contributed by atoms with E-state index in [4.69, 9.17) is 4.74 Å². The first kappa shape index (κ1) is 10.6. The summed E-state index contributed by atoms with van der Waals surface area (Å²) >= 11 is 0. The van der Waals surface area contributed by atoms with Crippen LogP contribution in [0.5, 0.6) is 5.75 Å². The summed E-state index contributed by atoms with van der Waals surface area (Å²) in [5.74, 6) is 0.914. The average Bonchev–Trinajstić information content (AvgIpc) is 2.97. The predicted molar refractivity (Wildman–Crippen MR) is 67.5 cm³/mol. The van der Waals surface area contributed by atoms with Gasteiger partial charge in [-0.3, -0.25) is 4.68 Å². The van der Waals surface area contributed by atoms with Gasteiger partial charge in [-0.2, -0.15) is 5.10 Å². The Morgan fingerprint density at radius 1 is 1.47 bits per heavy atom. The van der Waals surface area contributed by atoms with Crippen LogP contribution in [0.4, 0.5) is 0 Å². The van der Waals surface area contributed by atoms with E-state index >= 15 is 0 Å². The number of aryl methyl sites for hydroxylation is 1. The van der Waals surface area contributed by atoms with Crippen molar-refractivity contribution in [1.82, 2.24) is 15.1 Å². The van der Waals surface area contributed by atoms with Crippen molar-refractivity contribution in [3.63, 3.8) is 0 Å². The molecule has 1 atom stereocenters. The Labute approximate surface area is 101 Å². The Hall–Kier alpha value is -1.55. The molecule has 1 saturated heterocycles. The number of fused-ring (bicyclic) bond motifs is 1. The summed E-state index contributed by atoms with van der Waals surface area (Å²) in [5.41, 5.74) is 2.22. The number of ether oxygens (including phenoxy) is 1. The topological polar surface area (TPSA) is 39.1 Å². The van der Waals surface area contributed by atoms with Crippen molar-refractivity contribution in [3.8, 4) is 5.75 Å². The molecule has 0 radical (unpaired) electrons. The summed E-state index contributed by atoms with van der Waals surface area (Å²) in [7, 11) is 1.71. The smallest absolute Gasteiger partial charge is 0.130 e. The largest absolute Gasteiger partial charge is 0.496 e. The summed E-state index contributed by atoms with van der Waals surface area (Å²) < 4.78 is 7.56. The van der Waals surface area contributed by atoms with E-state index in [1.54, 1.807) is 7.11 Å². The number of nitrogens with one attached hydrogen (secondary N) is 1. The van der Waals surface area contributed by atoms with Crippen molar-refractivity contribution in [3.05, 3.63) is 23.9 Å². The van der Waals surface area contributed by atoms with Crippen molar-refractivity contribution in [1.29, 1.82) is 0 Å². The molecule has 1 unspecified atom stereocenters. The molecule has 4 heteroatoms. The lowest BCUT2D eigenvalue weighted by Gasteiger charge is -2.10. The molecule has 1 aliphatic rings. The maximum absolute atomic E-state index is 5.42. The molecule has 0 aliphatic carbocycles. The van der Waals surface area contributed by atoms with Gasteiger partial charge in [0, 0.05) is 6.54 Å². The van der Waals surface area contributed by atoms with Gasteiger partial charge in [0.2, 0.25) is 0 Å². The van der Waals surface area contributed by atoms with Crippen LogP contribution in [-0.2, 0) is 0 Å². The second-order valence-corrected chi connectivity index (χ2v) is 4.53. The van der Waals surface area contributed by atoms with Crippen molar-refractivity contribution < 1.29 is 4.74 Å². The van der Waals surface area contributed by atoms with Crippen LogP contribution in [-0.4, -0.2) is 30.0 Å². The van der Waals surface area contributed by atoms with Gasteiger partial charge < -0.3 is 10.1 Å². The fraction of sp³-hybridized carbons (Fsp3) is 0.462. The molecule has 90 valence electrons. The summed E-state index contributed by atoms with van der Waals surface area (Å²) in [6.07, 6.45) is 1.15. The molecule has 2 aromatic rings. The van der Waals surface area contributed by atoms with Gasteiger partial charge in [-0.15, -0.1) is 0 Å². The molecule has 1 aromatic carbocycles. The van der Waals surface area contributed by atoms with Gasteiger partial charge in [-0.05, 0) is 32.0 Å². The van der Waals surface area contributed by atoms with Crippen LogP contribution >= 0.6 is 0 Å². The Balaban J connectivity index is 2.20. The van der Waals surface area contributed by atoms with Gasteiger partial charge in [0.25, 0.3) is 0 Å². The second kappa shape index (κ2) is 4.04. The molecule has 1 N–H and O–H groups in total. The van der Waals surface area contributed by atoms with E-state index in [1.807, 2.05) is 19.1 Å². The highest BCUT2D eigenvalue weighted by atomic mass is 16.5. The van der Waals surface area contributed by atoms with Crippen molar-refractivity contribution in [2.45, 2.75) is 19.4 Å². The fourth-order valence-electron chi connectivity index (χ4n) is 2.64. The Morgan fingerprint density at radius 2 is 2.35 bits per heavy atom. The third-order valence-corrected chi connectivity index (χ3v) is 3.47. The number of aromatic nitrogens is 2. The molecule has 1 fully saturated rings. The van der Waals surface area contributed by atoms with Crippen LogP contribution in [0.2, 0.25) is 0 Å². The highest BCUT2D eigenvalue weighted by Crippen LogP contribution is 2.31. The van der Waals surface area contributed by atoms with E-state index in [0.717, 1.165) is 36.3 Å². The van der Waals surface area contributed by atoms with Gasteiger partial charge in [-0.25, -0.2) is 0 Å². The van der Waals surface area contributed by atoms with Gasteiger partial charge in [-0.1, -0.05) is 6.07 Å². The predicted octanol–water partition coefficient (Wildman–Crippen LogP) is 1.89. The molecule has 0 amide bonds. The lowest BCUT2D eigenvalue weighted by Crippen LogP contribution is -2.14. The normalized spacial score (nSPS) is 20.0. The molecule has 0 spiro atoms. The van der Waals surface area contributed by atoms with Crippen molar-refractivity contribution in [2.75, 3.05) is 20.2 Å². The maximum Gasteiger partial charge on any atom is 0.130 e. The number of hydrogen-bond donors (Lipinski definition) is 1. The summed E-state index contributed by atoms with van der Waals surface area (Å²) in [6.45, 7) is 4.13. The van der Waals surface area contributed by atoms with E-state index in [-0.39, 0.29) is 0 Å². The fourth-order valence-corrected chi connectivity index (χ4v) is 2.64. The standard InChI is InChI=1S/C13H17N3O/c1-9-13-11(4-3-5-12(13)17-2)16(15-9)10-6-7-14-8-10/h3-5,10,14H,6-8H2,1-2H3. The van der Waals surface area contributed by atoms with E-state index in [1.165, 1.54) is 5.52 Å². The minimum Gasteiger partial charge on any atom is -0.496 e. The number of hydrogen-bond acceptors (Lipinski definition) is 3. The number of nitrogens with zero attached hydrogens (tertiary/aromatic N) is 2. The Kier molecular flexibility index (Phi) is 2.52. The molecule has 3 rings (SSSR count). The zero-order chi connectivity index (χ0) is 11.8. The van der Waals surface area contributed by atoms with Crippen LogP contribution < -0.4 is 10.1 Å². The summed E-state index contributed by atoms with van der Waals surface area (Å²) in [4.78, 5) is 0. The molecule has 0 bridgehead atoms. The average molecular weight is 231 g/mol. The molecular weight excluding hydrogens is 214 g/mol. The number of methoxy groups -OCH3 is 1. The monoisotopic (exact) mass is 231 g/mol. The first-order chi connectivity index (χ1) is 8.31. The highest BCUT2D eigenvalue weighted by molar-refractivity contribution is 5.88. The van der Waals surface area contributed by atoms with Gasteiger partial charge >= 0.3 is 0 Å². The van der Waals surface area contributed by atoms with E-state index in [9.17, 15) is 0 Å². The second-order valence-electron chi connectivity index (χ2n) is 4.53. The quantitative estimate of drug-likeness (QED) is 0.857. The molecule has 1 aromatic heterocycles. The summed E-state index contributed by atoms with van der Waals surface area (Å²) in [6, 6.07) is 6.62. The SMILES string of the molecule is COc1cccc2c1c(C)nn2C1CCNC1. The van der Waals surface area contributed by atoms with Crippen LogP contribution in [0.3, 0.4) is 0 Å². The molecule has 17 heavy (non-hydrogen) atoms. The molecule has 4 nitrogen and oxygen atoms in total. The zero-order valence-corrected chi connectivity index (χ0v) is 10.2. The van der Waals surface area contributed by atoms with Gasteiger partial charge in [0.15, 0.2) is 0 Å². The third kappa shape index (κ3) is 1.60. The van der Waals surface area contributed by atoms with Crippen LogP contribution in [0, 0.1) is 6.92 Å². The zero-order valence-electron chi connectivity index (χ0n) is 10.2. The number of rotatable bonds is 2. The lowest BCUT2D eigenvalue weighted by atomic mass is 10.2. The molecule has 2 heterocycles. The summed E-state index contributed by atoms with van der Waals surface area (Å²) in [5, 5.41) is 9.20. The van der Waals surface area contributed by atoms with E-state index in [0.29, 0.717) is 6.04 Å². The first-order valence-corrected chi connectivity index (χ1v) is 6.04. The van der Waals surface area contributed by atoms with Crippen LogP contribution in [0.1, 0.15) is 18.2 Å². The lowest BCUT2D eigenvalue weighted by molar-refractivity contribution is 0.419. The van der Waals surface area contributed by atoms with Gasteiger partial charge in [0.05, 0.1) is 29.7 Å². The van der Waals surface area contributed by atoms with E-state index in [2.05, 4.69) is 21.2 Å². The van der Waals surface area contributed by atoms with Gasteiger partial charge in [0.1, 0.15) is 5.75 Å². The minimum atomic E-state index is 0.471. The Bertz CT molecular complexity index is 541. The number of benzene rings is 1. The third-order valence-electron chi connectivity index (χ3n) is 3.47. The van der Waals surface area contributed by atoms with Crippen molar-refractivity contribution >= 4 is 10.9 Å². The maximum atomic E-state index is 5.42. The highest BCUT2D eigenvalue weighted by Gasteiger charge is 2.21. The minimum absolute atomic E-state index is 0.471. The Morgan fingerprint density at radius 3 is 3.06 bits per heavy atom. The molecule has 1 aliphatic heterocycles.